The third kappa shape index (κ3) is 4.51. The van der Waals surface area contributed by atoms with Gasteiger partial charge in [-0.15, -0.1) is 0 Å². The van der Waals surface area contributed by atoms with E-state index in [1.54, 1.807) is 4.90 Å². The number of carbonyl (C=O) groups excluding carboxylic acids is 1. The summed E-state index contributed by atoms with van der Waals surface area (Å²) in [7, 11) is -3.37. The first-order valence-electron chi connectivity index (χ1n) is 9.91. The van der Waals surface area contributed by atoms with Crippen LogP contribution in [-0.2, 0) is 21.2 Å². The molecule has 0 N–H and O–H groups in total. The van der Waals surface area contributed by atoms with Gasteiger partial charge in [-0.3, -0.25) is 4.79 Å². The van der Waals surface area contributed by atoms with Crippen molar-refractivity contribution in [2.24, 2.45) is 5.92 Å². The van der Waals surface area contributed by atoms with Gasteiger partial charge in [0.05, 0.1) is 12.3 Å². The molecule has 2 aliphatic rings. The van der Waals surface area contributed by atoms with Crippen molar-refractivity contribution in [3.8, 4) is 0 Å². The van der Waals surface area contributed by atoms with Crippen molar-refractivity contribution in [1.82, 2.24) is 19.3 Å². The van der Waals surface area contributed by atoms with E-state index < -0.39 is 10.0 Å². The van der Waals surface area contributed by atoms with Gasteiger partial charge in [-0.2, -0.15) is 9.29 Å². The molecule has 0 bridgehead atoms. The highest BCUT2D eigenvalue weighted by atomic mass is 32.2. The highest BCUT2D eigenvalue weighted by molar-refractivity contribution is 7.88. The van der Waals surface area contributed by atoms with Gasteiger partial charge in [-0.1, -0.05) is 25.4 Å². The number of likely N-dealkylation sites (tertiary alicyclic amines) is 1. The summed E-state index contributed by atoms with van der Waals surface area (Å²) in [5.74, 6) is 1.76. The van der Waals surface area contributed by atoms with Gasteiger partial charge < -0.3 is 9.42 Å². The van der Waals surface area contributed by atoms with Crippen molar-refractivity contribution < 1.29 is 17.7 Å². The van der Waals surface area contributed by atoms with Gasteiger partial charge in [0, 0.05) is 37.9 Å². The van der Waals surface area contributed by atoms with Gasteiger partial charge in [0.25, 0.3) is 0 Å². The van der Waals surface area contributed by atoms with Gasteiger partial charge in [0.1, 0.15) is 0 Å². The third-order valence-corrected chi connectivity index (χ3v) is 7.17. The standard InChI is InChI=1S/C18H30N4O4S/c1-4-13(5-2)18(23)21-11-15(12-21)22(27(3,24)25)10-9-16-19-17(26-20-16)14-7-6-8-14/h13-15H,4-12H2,1-3H3. The first-order chi connectivity index (χ1) is 12.8. The Morgan fingerprint density at radius 1 is 1.30 bits per heavy atom. The Hall–Kier alpha value is -1.48. The van der Waals surface area contributed by atoms with Crippen molar-refractivity contribution in [3.63, 3.8) is 0 Å². The number of sulfonamides is 1. The van der Waals surface area contributed by atoms with E-state index in [0.29, 0.717) is 43.7 Å². The second-order valence-electron chi connectivity index (χ2n) is 7.71. The molecule has 0 aromatic carbocycles. The number of aromatic nitrogens is 2. The monoisotopic (exact) mass is 398 g/mol. The number of hydrogen-bond donors (Lipinski definition) is 0. The van der Waals surface area contributed by atoms with Crippen LogP contribution in [0.15, 0.2) is 4.52 Å². The number of rotatable bonds is 9. The van der Waals surface area contributed by atoms with E-state index in [9.17, 15) is 13.2 Å². The Morgan fingerprint density at radius 3 is 2.48 bits per heavy atom. The molecule has 1 amide bonds. The van der Waals surface area contributed by atoms with E-state index in [4.69, 9.17) is 4.52 Å². The molecule has 2 fully saturated rings. The first-order valence-corrected chi connectivity index (χ1v) is 11.8. The van der Waals surface area contributed by atoms with Crippen LogP contribution in [0.2, 0.25) is 0 Å². The average Bonchev–Trinajstić information content (AvgIpc) is 2.95. The summed E-state index contributed by atoms with van der Waals surface area (Å²) in [6.07, 6.45) is 6.62. The summed E-state index contributed by atoms with van der Waals surface area (Å²) >= 11 is 0. The fourth-order valence-electron chi connectivity index (χ4n) is 3.73. The Labute approximate surface area is 161 Å². The van der Waals surface area contributed by atoms with Crippen molar-refractivity contribution in [2.75, 3.05) is 25.9 Å². The molecule has 152 valence electrons. The molecule has 1 aromatic heterocycles. The minimum absolute atomic E-state index is 0.0295. The van der Waals surface area contributed by atoms with E-state index in [2.05, 4.69) is 10.1 Å². The SMILES string of the molecule is CCC(CC)C(=O)N1CC(N(CCc2noc(C3CCC3)n2)S(C)(=O)=O)C1. The van der Waals surface area contributed by atoms with Gasteiger partial charge in [0.2, 0.25) is 21.8 Å². The molecule has 1 aromatic rings. The largest absolute Gasteiger partial charge is 0.339 e. The highest BCUT2D eigenvalue weighted by Crippen LogP contribution is 2.35. The molecular weight excluding hydrogens is 368 g/mol. The second kappa shape index (κ2) is 8.26. The zero-order valence-electron chi connectivity index (χ0n) is 16.4. The molecule has 0 atom stereocenters. The Bertz CT molecular complexity index is 749. The molecular formula is C18H30N4O4S. The van der Waals surface area contributed by atoms with Gasteiger partial charge in [-0.05, 0) is 25.7 Å². The molecule has 2 heterocycles. The van der Waals surface area contributed by atoms with Gasteiger partial charge in [0.15, 0.2) is 5.82 Å². The zero-order chi connectivity index (χ0) is 19.6. The maximum Gasteiger partial charge on any atom is 0.229 e. The van der Waals surface area contributed by atoms with Crippen LogP contribution < -0.4 is 0 Å². The fraction of sp³-hybridized carbons (Fsp3) is 0.833. The van der Waals surface area contributed by atoms with Crippen LogP contribution in [0.4, 0.5) is 0 Å². The van der Waals surface area contributed by atoms with Crippen molar-refractivity contribution in [2.45, 2.75) is 64.3 Å². The van der Waals surface area contributed by atoms with Crippen LogP contribution >= 0.6 is 0 Å². The lowest BCUT2D eigenvalue weighted by atomic mass is 9.85. The highest BCUT2D eigenvalue weighted by Gasteiger charge is 2.40. The van der Waals surface area contributed by atoms with Crippen LogP contribution in [0, 0.1) is 5.92 Å². The van der Waals surface area contributed by atoms with Crippen LogP contribution in [0.5, 0.6) is 0 Å². The number of carbonyl (C=O) groups is 1. The predicted octanol–water partition coefficient (Wildman–Crippen LogP) is 1.79. The second-order valence-corrected chi connectivity index (χ2v) is 9.65. The third-order valence-electron chi connectivity index (χ3n) is 5.84. The van der Waals surface area contributed by atoms with E-state index in [1.807, 2.05) is 13.8 Å². The lowest BCUT2D eigenvalue weighted by molar-refractivity contribution is -0.142. The van der Waals surface area contributed by atoms with Crippen LogP contribution in [-0.4, -0.2) is 65.6 Å². The van der Waals surface area contributed by atoms with Gasteiger partial charge >= 0.3 is 0 Å². The zero-order valence-corrected chi connectivity index (χ0v) is 17.2. The molecule has 1 aliphatic heterocycles. The Balaban J connectivity index is 1.56. The average molecular weight is 399 g/mol. The summed E-state index contributed by atoms with van der Waals surface area (Å²) < 4.78 is 31.3. The molecule has 0 radical (unpaired) electrons. The normalized spacial score (nSPS) is 18.8. The number of amides is 1. The van der Waals surface area contributed by atoms with Crippen LogP contribution in [0.3, 0.4) is 0 Å². The number of nitrogens with zero attached hydrogens (tertiary/aromatic N) is 4. The summed E-state index contributed by atoms with van der Waals surface area (Å²) in [6.45, 7) is 5.24. The Morgan fingerprint density at radius 2 is 1.96 bits per heavy atom. The quantitative estimate of drug-likeness (QED) is 0.629. The first kappa shape index (κ1) is 20.3. The fourth-order valence-corrected chi connectivity index (χ4v) is 4.83. The molecule has 3 rings (SSSR count). The lowest BCUT2D eigenvalue weighted by Gasteiger charge is -2.45. The number of hydrogen-bond acceptors (Lipinski definition) is 6. The maximum absolute atomic E-state index is 12.4. The molecule has 1 saturated heterocycles. The summed E-state index contributed by atoms with van der Waals surface area (Å²) in [4.78, 5) is 18.6. The van der Waals surface area contributed by atoms with Crippen molar-refractivity contribution in [3.05, 3.63) is 11.7 Å². The minimum Gasteiger partial charge on any atom is -0.339 e. The molecule has 27 heavy (non-hydrogen) atoms. The maximum atomic E-state index is 12.4. The summed E-state index contributed by atoms with van der Waals surface area (Å²) in [5.41, 5.74) is 0. The van der Waals surface area contributed by atoms with E-state index in [-0.39, 0.29) is 17.9 Å². The molecule has 1 saturated carbocycles. The molecule has 9 heteroatoms. The Kier molecular flexibility index (Phi) is 6.20. The van der Waals surface area contributed by atoms with Crippen LogP contribution in [0.25, 0.3) is 0 Å². The smallest absolute Gasteiger partial charge is 0.229 e. The molecule has 0 spiro atoms. The summed E-state index contributed by atoms with van der Waals surface area (Å²) in [5, 5.41) is 3.99. The molecule has 8 nitrogen and oxygen atoms in total. The topological polar surface area (TPSA) is 96.6 Å². The van der Waals surface area contributed by atoms with Gasteiger partial charge in [-0.25, -0.2) is 8.42 Å². The van der Waals surface area contributed by atoms with E-state index in [0.717, 1.165) is 25.7 Å². The van der Waals surface area contributed by atoms with E-state index in [1.165, 1.54) is 17.0 Å². The van der Waals surface area contributed by atoms with Crippen molar-refractivity contribution >= 4 is 15.9 Å². The van der Waals surface area contributed by atoms with Crippen LogP contribution in [0.1, 0.15) is 63.6 Å². The predicted molar refractivity (Wildman–Crippen MR) is 101 cm³/mol. The molecule has 1 aliphatic carbocycles. The minimum atomic E-state index is -3.37. The summed E-state index contributed by atoms with van der Waals surface area (Å²) in [6, 6.07) is -0.170. The lowest BCUT2D eigenvalue weighted by Crippen LogP contribution is -2.63. The van der Waals surface area contributed by atoms with Crippen molar-refractivity contribution in [1.29, 1.82) is 0 Å². The molecule has 0 unspecified atom stereocenters. The van der Waals surface area contributed by atoms with E-state index >= 15 is 0 Å².